The number of carboxylic acid groups (broad SMARTS) is 1. The Morgan fingerprint density at radius 3 is 1.86 bits per heavy atom. The molecule has 0 radical (unpaired) electrons. The molecule has 0 aliphatic carbocycles. The third kappa shape index (κ3) is 18.9. The molecule has 2 heteroatoms. The fourth-order valence-electron chi connectivity index (χ4n) is 2.26. The quantitative estimate of drug-likeness (QED) is 0.285. The Morgan fingerprint density at radius 2 is 1.29 bits per heavy atom. The number of carboxylic acids is 1. The summed E-state index contributed by atoms with van der Waals surface area (Å²) in [5.41, 5.74) is 0. The van der Waals surface area contributed by atoms with Gasteiger partial charge in [-0.2, -0.15) is 0 Å². The Kier molecular flexibility index (Phi) is 16.2. The molecular weight excluding hydrogens is 260 g/mol. The molecule has 0 aliphatic heterocycles. The van der Waals surface area contributed by atoms with Gasteiger partial charge in [-0.1, -0.05) is 69.8 Å². The second-order valence-electron chi connectivity index (χ2n) is 5.73. The maximum atomic E-state index is 10.3. The molecule has 0 saturated carbocycles. The molecule has 0 unspecified atom stereocenters. The monoisotopic (exact) mass is 294 g/mol. The van der Waals surface area contributed by atoms with Crippen LogP contribution in [-0.2, 0) is 4.79 Å². The molecule has 0 saturated heterocycles. The van der Waals surface area contributed by atoms with E-state index in [0.717, 1.165) is 19.3 Å². The minimum atomic E-state index is -0.667. The van der Waals surface area contributed by atoms with Crippen molar-refractivity contribution in [3.05, 3.63) is 24.3 Å². The van der Waals surface area contributed by atoms with Gasteiger partial charge in [-0.3, -0.25) is 4.79 Å². The van der Waals surface area contributed by atoms with Crippen molar-refractivity contribution in [3.63, 3.8) is 0 Å². The van der Waals surface area contributed by atoms with Gasteiger partial charge in [0.05, 0.1) is 0 Å². The minimum Gasteiger partial charge on any atom is -0.481 e. The summed E-state index contributed by atoms with van der Waals surface area (Å²) in [7, 11) is 0. The van der Waals surface area contributed by atoms with Crippen LogP contribution in [0.15, 0.2) is 24.3 Å². The molecule has 0 bridgehead atoms. The van der Waals surface area contributed by atoms with E-state index in [-0.39, 0.29) is 0 Å². The van der Waals surface area contributed by atoms with Crippen LogP contribution < -0.4 is 0 Å². The van der Waals surface area contributed by atoms with Crippen LogP contribution in [0, 0.1) is 0 Å². The first-order chi connectivity index (χ1) is 10.3. The lowest BCUT2D eigenvalue weighted by Gasteiger charge is -1.99. The second-order valence-corrected chi connectivity index (χ2v) is 5.73. The fourth-order valence-corrected chi connectivity index (χ4v) is 2.26. The molecular formula is C19H34O2. The Morgan fingerprint density at radius 1 is 0.762 bits per heavy atom. The van der Waals surface area contributed by atoms with Crippen molar-refractivity contribution in [2.24, 2.45) is 0 Å². The molecule has 1 N–H and O–H groups in total. The van der Waals surface area contributed by atoms with Crippen LogP contribution >= 0.6 is 0 Å². The van der Waals surface area contributed by atoms with Crippen molar-refractivity contribution < 1.29 is 9.90 Å². The van der Waals surface area contributed by atoms with Crippen LogP contribution in [0.4, 0.5) is 0 Å². The first-order valence-electron chi connectivity index (χ1n) is 8.79. The van der Waals surface area contributed by atoms with Crippen LogP contribution in [0.3, 0.4) is 0 Å². The predicted octanol–water partition coefficient (Wildman–Crippen LogP) is 6.27. The van der Waals surface area contributed by atoms with Crippen LogP contribution in [0.25, 0.3) is 0 Å². The Hall–Kier alpha value is -1.05. The number of carbonyl (C=O) groups is 1. The van der Waals surface area contributed by atoms with Gasteiger partial charge in [0.15, 0.2) is 0 Å². The fraction of sp³-hybridized carbons (Fsp3) is 0.737. The van der Waals surface area contributed by atoms with E-state index < -0.39 is 5.97 Å². The highest BCUT2D eigenvalue weighted by molar-refractivity contribution is 5.66. The average molecular weight is 294 g/mol. The molecule has 0 heterocycles. The zero-order valence-corrected chi connectivity index (χ0v) is 13.9. The van der Waals surface area contributed by atoms with Crippen molar-refractivity contribution in [3.8, 4) is 0 Å². The SMILES string of the molecule is CCCCC/C=C/C/C=C/CCCCCCCCC(=O)O. The summed E-state index contributed by atoms with van der Waals surface area (Å²) < 4.78 is 0. The van der Waals surface area contributed by atoms with E-state index in [2.05, 4.69) is 31.2 Å². The van der Waals surface area contributed by atoms with Crippen molar-refractivity contribution in [2.75, 3.05) is 0 Å². The van der Waals surface area contributed by atoms with Crippen LogP contribution in [0.5, 0.6) is 0 Å². The van der Waals surface area contributed by atoms with Crippen molar-refractivity contribution in [1.82, 2.24) is 0 Å². The van der Waals surface area contributed by atoms with Crippen LogP contribution in [0.2, 0.25) is 0 Å². The third-order valence-corrected chi connectivity index (χ3v) is 3.59. The summed E-state index contributed by atoms with van der Waals surface area (Å²) in [6.45, 7) is 2.24. The summed E-state index contributed by atoms with van der Waals surface area (Å²) in [4.78, 5) is 10.3. The summed E-state index contributed by atoms with van der Waals surface area (Å²) >= 11 is 0. The Bertz CT molecular complexity index is 279. The molecule has 0 amide bonds. The van der Waals surface area contributed by atoms with Gasteiger partial charge in [0.25, 0.3) is 0 Å². The zero-order valence-electron chi connectivity index (χ0n) is 13.9. The molecule has 2 nitrogen and oxygen atoms in total. The molecule has 21 heavy (non-hydrogen) atoms. The third-order valence-electron chi connectivity index (χ3n) is 3.59. The predicted molar refractivity (Wildman–Crippen MR) is 91.6 cm³/mol. The molecule has 0 aromatic rings. The summed E-state index contributed by atoms with van der Waals surface area (Å²) in [6, 6.07) is 0. The van der Waals surface area contributed by atoms with E-state index in [9.17, 15) is 4.79 Å². The lowest BCUT2D eigenvalue weighted by molar-refractivity contribution is -0.137. The zero-order chi connectivity index (χ0) is 15.6. The van der Waals surface area contributed by atoms with Crippen LogP contribution in [-0.4, -0.2) is 11.1 Å². The molecule has 0 rings (SSSR count). The number of hydrogen-bond acceptors (Lipinski definition) is 1. The normalized spacial score (nSPS) is 11.7. The van der Waals surface area contributed by atoms with Gasteiger partial charge in [0, 0.05) is 6.42 Å². The molecule has 0 fully saturated rings. The van der Waals surface area contributed by atoms with Crippen LogP contribution in [0.1, 0.15) is 90.4 Å². The highest BCUT2D eigenvalue weighted by Crippen LogP contribution is 2.09. The van der Waals surface area contributed by atoms with Gasteiger partial charge < -0.3 is 5.11 Å². The second kappa shape index (κ2) is 17.0. The smallest absolute Gasteiger partial charge is 0.303 e. The van der Waals surface area contributed by atoms with Gasteiger partial charge >= 0.3 is 5.97 Å². The Labute approximate surface area is 131 Å². The first-order valence-corrected chi connectivity index (χ1v) is 8.79. The van der Waals surface area contributed by atoms with E-state index in [1.54, 1.807) is 0 Å². The van der Waals surface area contributed by atoms with Gasteiger partial charge in [-0.05, 0) is 38.5 Å². The first kappa shape index (κ1) is 19.9. The summed E-state index contributed by atoms with van der Waals surface area (Å²) in [5.74, 6) is -0.667. The van der Waals surface area contributed by atoms with Gasteiger partial charge in [0.1, 0.15) is 0 Å². The number of allylic oxidation sites excluding steroid dienone is 4. The average Bonchev–Trinajstić information content (AvgIpc) is 2.46. The topological polar surface area (TPSA) is 37.3 Å². The van der Waals surface area contributed by atoms with Crippen molar-refractivity contribution in [1.29, 1.82) is 0 Å². The molecule has 0 aromatic carbocycles. The maximum Gasteiger partial charge on any atom is 0.303 e. The summed E-state index contributed by atoms with van der Waals surface area (Å²) in [5, 5.41) is 8.52. The van der Waals surface area contributed by atoms with Crippen molar-refractivity contribution >= 4 is 5.97 Å². The number of aliphatic carboxylic acids is 1. The van der Waals surface area contributed by atoms with Crippen molar-refractivity contribution in [2.45, 2.75) is 90.4 Å². The molecule has 0 atom stereocenters. The highest BCUT2D eigenvalue weighted by Gasteiger charge is 1.96. The van der Waals surface area contributed by atoms with E-state index in [4.69, 9.17) is 5.11 Å². The van der Waals surface area contributed by atoms with Gasteiger partial charge in [-0.15, -0.1) is 0 Å². The molecule has 0 spiro atoms. The standard InChI is InChI=1S/C19H34O2/c1-2-3-4-5-6-7-8-9-10-11-12-13-14-15-16-17-18-19(20)21/h6-7,9-10H,2-5,8,11-18H2,1H3,(H,20,21)/b7-6+,10-9+. The molecule has 0 aliphatic rings. The Balaban J connectivity index is 3.16. The van der Waals surface area contributed by atoms with E-state index in [1.165, 1.54) is 57.8 Å². The highest BCUT2D eigenvalue weighted by atomic mass is 16.4. The number of hydrogen-bond donors (Lipinski definition) is 1. The maximum absolute atomic E-state index is 10.3. The number of unbranched alkanes of at least 4 members (excludes halogenated alkanes) is 9. The van der Waals surface area contributed by atoms with Gasteiger partial charge in [-0.25, -0.2) is 0 Å². The van der Waals surface area contributed by atoms with Gasteiger partial charge in [0.2, 0.25) is 0 Å². The minimum absolute atomic E-state index is 0.328. The molecule has 122 valence electrons. The molecule has 0 aromatic heterocycles. The largest absolute Gasteiger partial charge is 0.481 e. The van der Waals surface area contributed by atoms with E-state index in [1.807, 2.05) is 0 Å². The lowest BCUT2D eigenvalue weighted by Crippen LogP contribution is -1.93. The lowest BCUT2D eigenvalue weighted by atomic mass is 10.1. The number of rotatable bonds is 15. The van der Waals surface area contributed by atoms with E-state index >= 15 is 0 Å². The summed E-state index contributed by atoms with van der Waals surface area (Å²) in [6.07, 6.45) is 23.7. The van der Waals surface area contributed by atoms with E-state index in [0.29, 0.717) is 6.42 Å².